The van der Waals surface area contributed by atoms with Crippen LogP contribution < -0.4 is 9.47 Å². The number of ether oxygens (including phenoxy) is 3. The van der Waals surface area contributed by atoms with Crippen LogP contribution in [0.3, 0.4) is 0 Å². The smallest absolute Gasteiger partial charge is 0.344 e. The summed E-state index contributed by atoms with van der Waals surface area (Å²) in [4.78, 5) is 27.1. The van der Waals surface area contributed by atoms with E-state index in [1.165, 1.54) is 7.11 Å². The van der Waals surface area contributed by atoms with Crippen LogP contribution in [-0.2, 0) is 9.53 Å². The van der Waals surface area contributed by atoms with Crippen LogP contribution in [0.2, 0.25) is 0 Å². The lowest BCUT2D eigenvalue weighted by Gasteiger charge is -2.09. The normalized spacial score (nSPS) is 10.4. The first-order valence-electron chi connectivity index (χ1n) is 7.70. The first-order chi connectivity index (χ1) is 12.2. The number of Topliss-reactive ketones (excluding diaryl/α,β-unsaturated/α-hetero) is 1. The first kappa shape index (κ1) is 16.6. The third-order valence-corrected chi connectivity index (χ3v) is 3.67. The number of esters is 1. The van der Waals surface area contributed by atoms with Gasteiger partial charge in [0.2, 0.25) is 5.78 Å². The van der Waals surface area contributed by atoms with Crippen LogP contribution in [0, 0.1) is 0 Å². The van der Waals surface area contributed by atoms with Crippen molar-refractivity contribution in [3.05, 3.63) is 60.3 Å². The van der Waals surface area contributed by atoms with Gasteiger partial charge >= 0.3 is 5.97 Å². The van der Waals surface area contributed by atoms with Gasteiger partial charge in [-0.15, -0.1) is 0 Å². The highest BCUT2D eigenvalue weighted by atomic mass is 16.6. The fourth-order valence-corrected chi connectivity index (χ4v) is 2.44. The Bertz CT molecular complexity index is 899. The molecule has 1 aromatic heterocycles. The zero-order valence-electron chi connectivity index (χ0n) is 13.7. The second-order valence-electron chi connectivity index (χ2n) is 5.27. The molecule has 0 aliphatic heterocycles. The van der Waals surface area contributed by atoms with Crippen molar-refractivity contribution in [1.82, 2.24) is 4.98 Å². The number of aromatic amines is 1. The van der Waals surface area contributed by atoms with Crippen molar-refractivity contribution in [1.29, 1.82) is 0 Å². The number of nitrogens with one attached hydrogen (secondary N) is 1. The largest absolute Gasteiger partial charge is 0.493 e. The molecule has 0 unspecified atom stereocenters. The maximum Gasteiger partial charge on any atom is 0.344 e. The summed E-state index contributed by atoms with van der Waals surface area (Å²) in [5.74, 6) is 0.0530. The van der Waals surface area contributed by atoms with Crippen LogP contribution in [0.25, 0.3) is 10.9 Å². The topological polar surface area (TPSA) is 77.6 Å². The van der Waals surface area contributed by atoms with E-state index in [4.69, 9.17) is 14.2 Å². The molecule has 2 aromatic carbocycles. The average molecular weight is 339 g/mol. The second-order valence-corrected chi connectivity index (χ2v) is 5.27. The molecule has 0 saturated heterocycles. The van der Waals surface area contributed by atoms with Crippen molar-refractivity contribution in [3.8, 4) is 11.5 Å². The Morgan fingerprint density at radius 2 is 1.68 bits per heavy atom. The average Bonchev–Trinajstić information content (AvgIpc) is 3.09. The molecule has 0 atom stereocenters. The minimum atomic E-state index is -0.626. The molecule has 0 amide bonds. The number of carbonyl (C=O) groups excluding carboxylic acids is 2. The molecule has 6 nitrogen and oxygen atoms in total. The van der Waals surface area contributed by atoms with E-state index in [9.17, 15) is 9.59 Å². The number of fused-ring (bicyclic) bond motifs is 1. The van der Waals surface area contributed by atoms with Crippen LogP contribution in [-0.4, -0.2) is 37.1 Å². The van der Waals surface area contributed by atoms with Gasteiger partial charge < -0.3 is 19.2 Å². The number of aromatic nitrogens is 1. The van der Waals surface area contributed by atoms with Crippen molar-refractivity contribution < 1.29 is 23.8 Å². The molecule has 0 spiro atoms. The highest BCUT2D eigenvalue weighted by Gasteiger charge is 2.15. The molecule has 3 rings (SSSR count). The first-order valence-corrected chi connectivity index (χ1v) is 7.70. The molecule has 0 aliphatic rings. The fourth-order valence-electron chi connectivity index (χ4n) is 2.44. The van der Waals surface area contributed by atoms with E-state index < -0.39 is 5.97 Å². The number of ketones is 1. The number of H-pyrrole nitrogens is 1. The summed E-state index contributed by atoms with van der Waals surface area (Å²) < 4.78 is 15.5. The van der Waals surface area contributed by atoms with Crippen molar-refractivity contribution >= 4 is 22.7 Å². The summed E-state index contributed by atoms with van der Waals surface area (Å²) in [7, 11) is 1.51. The van der Waals surface area contributed by atoms with Gasteiger partial charge in [-0.05, 0) is 18.2 Å². The van der Waals surface area contributed by atoms with Crippen molar-refractivity contribution in [2.45, 2.75) is 0 Å². The highest BCUT2D eigenvalue weighted by Crippen LogP contribution is 2.25. The van der Waals surface area contributed by atoms with Crippen LogP contribution >= 0.6 is 0 Å². The summed E-state index contributed by atoms with van der Waals surface area (Å²) in [5, 5.41) is 0.800. The van der Waals surface area contributed by atoms with Gasteiger partial charge in [-0.3, -0.25) is 4.79 Å². The Labute approximate surface area is 144 Å². The van der Waals surface area contributed by atoms with E-state index >= 15 is 0 Å². The van der Waals surface area contributed by atoms with Gasteiger partial charge in [-0.2, -0.15) is 0 Å². The number of methoxy groups -OCH3 is 1. The lowest BCUT2D eigenvalue weighted by molar-refractivity contribution is -0.144. The van der Waals surface area contributed by atoms with Crippen molar-refractivity contribution in [3.63, 3.8) is 0 Å². The number of para-hydroxylation sites is 3. The number of rotatable bonds is 7. The molecule has 1 heterocycles. The third kappa shape index (κ3) is 3.80. The standard InChI is InChI=1S/C19H17NO5/c1-23-17-8-4-5-9-18(17)24-12-19(22)25-11-16(21)14-10-20-15-7-3-2-6-13(14)15/h2-10,20H,11-12H2,1H3. The van der Waals surface area contributed by atoms with Crippen LogP contribution in [0.5, 0.6) is 11.5 Å². The van der Waals surface area contributed by atoms with Gasteiger partial charge in [0, 0.05) is 22.7 Å². The molecule has 3 aromatic rings. The number of hydrogen-bond donors (Lipinski definition) is 1. The van der Waals surface area contributed by atoms with E-state index in [0.29, 0.717) is 17.1 Å². The lowest BCUT2D eigenvalue weighted by Crippen LogP contribution is -2.19. The van der Waals surface area contributed by atoms with Gasteiger partial charge in [0.25, 0.3) is 0 Å². The SMILES string of the molecule is COc1ccccc1OCC(=O)OCC(=O)c1c[nH]c2ccccc12. The summed E-state index contributed by atoms with van der Waals surface area (Å²) in [6.45, 7) is -0.641. The quantitative estimate of drug-likeness (QED) is 0.529. The highest BCUT2D eigenvalue weighted by molar-refractivity contribution is 6.08. The number of benzene rings is 2. The zero-order valence-corrected chi connectivity index (χ0v) is 13.7. The Morgan fingerprint density at radius 3 is 2.48 bits per heavy atom. The van der Waals surface area contributed by atoms with Crippen molar-refractivity contribution in [2.24, 2.45) is 0 Å². The molecule has 25 heavy (non-hydrogen) atoms. The molecule has 0 bridgehead atoms. The molecular weight excluding hydrogens is 322 g/mol. The van der Waals surface area contributed by atoms with Gasteiger partial charge in [-0.1, -0.05) is 30.3 Å². The van der Waals surface area contributed by atoms with E-state index in [0.717, 1.165) is 10.9 Å². The van der Waals surface area contributed by atoms with Crippen LogP contribution in [0.1, 0.15) is 10.4 Å². The second kappa shape index (κ2) is 7.53. The lowest BCUT2D eigenvalue weighted by atomic mass is 10.1. The van der Waals surface area contributed by atoms with Gasteiger partial charge in [0.15, 0.2) is 24.7 Å². The van der Waals surface area contributed by atoms with Gasteiger partial charge in [0.1, 0.15) is 0 Å². The molecule has 0 radical (unpaired) electrons. The van der Waals surface area contributed by atoms with Gasteiger partial charge in [-0.25, -0.2) is 4.79 Å². The third-order valence-electron chi connectivity index (χ3n) is 3.67. The maximum atomic E-state index is 12.2. The fraction of sp³-hybridized carbons (Fsp3) is 0.158. The maximum absolute atomic E-state index is 12.2. The minimum absolute atomic E-state index is 0.275. The molecular formula is C19H17NO5. The van der Waals surface area contributed by atoms with Crippen LogP contribution in [0.15, 0.2) is 54.7 Å². The number of carbonyl (C=O) groups is 2. The zero-order chi connectivity index (χ0) is 17.6. The predicted octanol–water partition coefficient (Wildman–Crippen LogP) is 2.98. The van der Waals surface area contributed by atoms with E-state index in [2.05, 4.69) is 4.98 Å². The molecule has 6 heteroatoms. The monoisotopic (exact) mass is 339 g/mol. The molecule has 0 aliphatic carbocycles. The molecule has 0 fully saturated rings. The van der Waals surface area contributed by atoms with E-state index in [1.54, 1.807) is 30.5 Å². The van der Waals surface area contributed by atoms with E-state index in [-0.39, 0.29) is 19.0 Å². The Balaban J connectivity index is 1.54. The summed E-state index contributed by atoms with van der Waals surface area (Å²) in [6.07, 6.45) is 1.62. The Hall–Kier alpha value is -3.28. The van der Waals surface area contributed by atoms with Gasteiger partial charge in [0.05, 0.1) is 7.11 Å². The Morgan fingerprint density at radius 1 is 0.960 bits per heavy atom. The summed E-state index contributed by atoms with van der Waals surface area (Å²) in [6, 6.07) is 14.4. The summed E-state index contributed by atoms with van der Waals surface area (Å²) in [5.41, 5.74) is 1.35. The summed E-state index contributed by atoms with van der Waals surface area (Å²) >= 11 is 0. The molecule has 0 saturated carbocycles. The minimum Gasteiger partial charge on any atom is -0.493 e. The van der Waals surface area contributed by atoms with Crippen LogP contribution in [0.4, 0.5) is 0 Å². The number of hydrogen-bond acceptors (Lipinski definition) is 5. The van der Waals surface area contributed by atoms with Crippen molar-refractivity contribution in [2.75, 3.05) is 20.3 Å². The molecule has 128 valence electrons. The van der Waals surface area contributed by atoms with E-state index in [1.807, 2.05) is 24.3 Å². The Kier molecular flexibility index (Phi) is 4.99. The predicted molar refractivity (Wildman–Crippen MR) is 92.1 cm³/mol. The molecule has 1 N–H and O–H groups in total.